The van der Waals surface area contributed by atoms with E-state index in [1.54, 1.807) is 0 Å². The van der Waals surface area contributed by atoms with Crippen molar-refractivity contribution in [1.29, 1.82) is 0 Å². The maximum atomic E-state index is 13.1. The zero-order chi connectivity index (χ0) is 15.0. The number of hydrogen-bond acceptors (Lipinski definition) is 5. The maximum absolute atomic E-state index is 13.1. The van der Waals surface area contributed by atoms with Gasteiger partial charge in [0.15, 0.2) is 28.0 Å². The van der Waals surface area contributed by atoms with Gasteiger partial charge in [-0.15, -0.1) is 0 Å². The number of fused-ring (bicyclic) bond motifs is 1. The van der Waals surface area contributed by atoms with Crippen molar-refractivity contribution in [3.8, 4) is 0 Å². The normalized spacial score (nSPS) is 14.2. The zero-order valence-corrected chi connectivity index (χ0v) is 11.4. The van der Waals surface area contributed by atoms with Crippen molar-refractivity contribution in [1.82, 2.24) is 9.97 Å². The van der Waals surface area contributed by atoms with Gasteiger partial charge in [0.2, 0.25) is 0 Å². The average Bonchev–Trinajstić information content (AvgIpc) is 3.05. The molecule has 0 aromatic carbocycles. The van der Waals surface area contributed by atoms with E-state index in [9.17, 15) is 18.0 Å². The Bertz CT molecular complexity index is 697. The molecule has 1 aliphatic carbocycles. The predicted octanol–water partition coefficient (Wildman–Crippen LogP) is 3.54. The molecule has 3 rings (SSSR count). The Morgan fingerprint density at radius 1 is 1.24 bits per heavy atom. The fourth-order valence-electron chi connectivity index (χ4n) is 2.23. The fourth-order valence-corrected chi connectivity index (χ4v) is 2.98. The highest BCUT2D eigenvalue weighted by Gasteiger charge is 2.38. The molecule has 1 aliphatic rings. The summed E-state index contributed by atoms with van der Waals surface area (Å²) >= 11 is 0.872. The Hall–Kier alpha value is -1.83. The van der Waals surface area contributed by atoms with Crippen molar-refractivity contribution < 1.29 is 22.4 Å². The second kappa shape index (κ2) is 5.18. The second-order valence-corrected chi connectivity index (χ2v) is 5.48. The highest BCUT2D eigenvalue weighted by Crippen LogP contribution is 2.37. The molecule has 0 aliphatic heterocycles. The lowest BCUT2D eigenvalue weighted by Crippen LogP contribution is -2.14. The van der Waals surface area contributed by atoms with Crippen molar-refractivity contribution in [3.05, 3.63) is 34.8 Å². The van der Waals surface area contributed by atoms with Crippen LogP contribution in [0.3, 0.4) is 0 Å². The van der Waals surface area contributed by atoms with Crippen LogP contribution in [-0.4, -0.2) is 16.3 Å². The molecule has 0 fully saturated rings. The van der Waals surface area contributed by atoms with Gasteiger partial charge in [0.05, 0.1) is 0 Å². The number of aryl methyl sites for hydroxylation is 1. The summed E-state index contributed by atoms with van der Waals surface area (Å²) in [4.78, 5) is 18.3. The van der Waals surface area contributed by atoms with E-state index < -0.39 is 11.9 Å². The van der Waals surface area contributed by atoms with Crippen LogP contribution in [0.5, 0.6) is 0 Å². The molecule has 8 heteroatoms. The summed E-state index contributed by atoms with van der Waals surface area (Å²) < 4.78 is 44.3. The summed E-state index contributed by atoms with van der Waals surface area (Å²) in [5.41, 5.74) is -0.225. The van der Waals surface area contributed by atoms with E-state index in [4.69, 9.17) is 4.42 Å². The lowest BCUT2D eigenvalue weighted by Gasteiger charge is -2.11. The lowest BCUT2D eigenvalue weighted by atomic mass is 10.2. The van der Waals surface area contributed by atoms with Gasteiger partial charge in [-0.05, 0) is 43.2 Å². The number of carbonyl (C=O) groups excluding carboxylic acids is 1. The summed E-state index contributed by atoms with van der Waals surface area (Å²) in [5, 5.41) is 0.262. The fraction of sp³-hybridized carbons (Fsp3) is 0.308. The van der Waals surface area contributed by atoms with E-state index in [0.29, 0.717) is 31.2 Å². The number of nitrogens with zero attached hydrogens (tertiary/aromatic N) is 2. The Balaban J connectivity index is 1.98. The third kappa shape index (κ3) is 2.80. The van der Waals surface area contributed by atoms with Crippen LogP contribution in [0.25, 0.3) is 0 Å². The van der Waals surface area contributed by atoms with Crippen molar-refractivity contribution in [2.75, 3.05) is 0 Å². The summed E-state index contributed by atoms with van der Waals surface area (Å²) in [6.45, 7) is 0. The molecule has 0 atom stereocenters. The van der Waals surface area contributed by atoms with Gasteiger partial charge >= 0.3 is 6.18 Å². The van der Waals surface area contributed by atoms with E-state index >= 15 is 0 Å². The number of hydrogen-bond donors (Lipinski definition) is 0. The third-order valence-corrected chi connectivity index (χ3v) is 3.88. The van der Waals surface area contributed by atoms with Gasteiger partial charge in [-0.3, -0.25) is 4.79 Å². The van der Waals surface area contributed by atoms with Crippen LogP contribution < -0.4 is 0 Å². The smallest absolute Gasteiger partial charge is 0.433 e. The molecule has 110 valence electrons. The van der Waals surface area contributed by atoms with Crippen LogP contribution in [0, 0.1) is 0 Å². The molecule has 4 nitrogen and oxygen atoms in total. The molecular formula is C13H9F3N2O2S. The van der Waals surface area contributed by atoms with Crippen molar-refractivity contribution in [3.63, 3.8) is 0 Å². The van der Waals surface area contributed by atoms with Gasteiger partial charge in [-0.2, -0.15) is 13.2 Å². The molecule has 0 saturated heterocycles. The highest BCUT2D eigenvalue weighted by atomic mass is 32.2. The summed E-state index contributed by atoms with van der Waals surface area (Å²) in [7, 11) is 0. The van der Waals surface area contributed by atoms with E-state index in [0.717, 1.165) is 11.8 Å². The molecule has 0 N–H and O–H groups in total. The third-order valence-electron chi connectivity index (χ3n) is 3.09. The Labute approximate surface area is 121 Å². The van der Waals surface area contributed by atoms with Gasteiger partial charge < -0.3 is 4.42 Å². The monoisotopic (exact) mass is 314 g/mol. The Morgan fingerprint density at radius 3 is 2.71 bits per heavy atom. The molecule has 0 amide bonds. The highest BCUT2D eigenvalue weighted by molar-refractivity contribution is 7.99. The van der Waals surface area contributed by atoms with Crippen LogP contribution in [-0.2, 0) is 19.0 Å². The first-order valence-electron chi connectivity index (χ1n) is 6.17. The molecule has 21 heavy (non-hydrogen) atoms. The molecule has 2 aromatic heterocycles. The minimum Gasteiger partial charge on any atom is -0.447 e. The second-order valence-electron chi connectivity index (χ2n) is 4.51. The average molecular weight is 314 g/mol. The van der Waals surface area contributed by atoms with Gasteiger partial charge in [-0.25, -0.2) is 9.97 Å². The standard InChI is InChI=1S/C13H9F3N2O2S/c14-13(15,16)11-8-2-1-3-9(8)17-12(18-11)21-10-5-4-7(6-19)20-10/h4-6H,1-3H2. The van der Waals surface area contributed by atoms with Crippen molar-refractivity contribution in [2.24, 2.45) is 0 Å². The quantitative estimate of drug-likeness (QED) is 0.640. The molecule has 2 aromatic rings. The van der Waals surface area contributed by atoms with E-state index in [1.807, 2.05) is 0 Å². The first kappa shape index (κ1) is 14.1. The van der Waals surface area contributed by atoms with Gasteiger partial charge in [0.1, 0.15) is 0 Å². The van der Waals surface area contributed by atoms with E-state index in [1.165, 1.54) is 12.1 Å². The largest absolute Gasteiger partial charge is 0.447 e. The first-order valence-corrected chi connectivity index (χ1v) is 6.99. The van der Waals surface area contributed by atoms with Crippen molar-refractivity contribution in [2.45, 2.75) is 35.7 Å². The summed E-state index contributed by atoms with van der Waals surface area (Å²) in [6, 6.07) is 2.94. The minimum atomic E-state index is -4.50. The number of furan rings is 1. The number of carbonyl (C=O) groups is 1. The Morgan fingerprint density at radius 2 is 2.05 bits per heavy atom. The van der Waals surface area contributed by atoms with Gasteiger partial charge in [0, 0.05) is 11.3 Å². The molecular weight excluding hydrogens is 305 g/mol. The Kier molecular flexibility index (Phi) is 3.48. The molecule has 0 unspecified atom stereocenters. The van der Waals surface area contributed by atoms with Crippen LogP contribution in [0.4, 0.5) is 13.2 Å². The number of aldehydes is 1. The van der Waals surface area contributed by atoms with E-state index in [2.05, 4.69) is 9.97 Å². The van der Waals surface area contributed by atoms with Crippen molar-refractivity contribution >= 4 is 18.0 Å². The van der Waals surface area contributed by atoms with Gasteiger partial charge in [0.25, 0.3) is 0 Å². The zero-order valence-electron chi connectivity index (χ0n) is 10.6. The number of halogens is 3. The van der Waals surface area contributed by atoms with Crippen LogP contribution in [0.1, 0.15) is 33.9 Å². The van der Waals surface area contributed by atoms with Crippen LogP contribution in [0.2, 0.25) is 0 Å². The summed E-state index contributed by atoms with van der Waals surface area (Å²) in [6.07, 6.45) is -2.45. The molecule has 0 bridgehead atoms. The maximum Gasteiger partial charge on any atom is 0.433 e. The van der Waals surface area contributed by atoms with Crippen LogP contribution >= 0.6 is 11.8 Å². The molecule has 2 heterocycles. The van der Waals surface area contributed by atoms with E-state index in [-0.39, 0.29) is 21.6 Å². The molecule has 0 saturated carbocycles. The minimum absolute atomic E-state index is 0.0187. The molecule has 0 spiro atoms. The SMILES string of the molecule is O=Cc1ccc(Sc2nc3c(c(C(F)(F)F)n2)CCC3)o1. The topological polar surface area (TPSA) is 56.0 Å². The van der Waals surface area contributed by atoms with Gasteiger partial charge in [-0.1, -0.05) is 0 Å². The van der Waals surface area contributed by atoms with Crippen LogP contribution in [0.15, 0.2) is 26.8 Å². The number of aromatic nitrogens is 2. The number of rotatable bonds is 3. The predicted molar refractivity (Wildman–Crippen MR) is 67.3 cm³/mol. The molecule has 0 radical (unpaired) electrons. The lowest BCUT2D eigenvalue weighted by molar-refractivity contribution is -0.142. The first-order chi connectivity index (χ1) is 9.97. The number of alkyl halides is 3. The summed E-state index contributed by atoms with van der Waals surface area (Å²) in [5.74, 6) is 0.106.